The van der Waals surface area contributed by atoms with E-state index in [9.17, 15) is 22.8 Å². The van der Waals surface area contributed by atoms with Crippen LogP contribution in [0.5, 0.6) is 0 Å². The molecule has 1 saturated heterocycles. The molecular formula is C12H13F3N4O2. The molecule has 3 N–H and O–H groups in total. The first-order valence-electron chi connectivity index (χ1n) is 6.14. The average Bonchev–Trinajstić information content (AvgIpc) is 2.40. The second kappa shape index (κ2) is 5.23. The summed E-state index contributed by atoms with van der Waals surface area (Å²) in [5, 5.41) is 2.58. The van der Waals surface area contributed by atoms with Gasteiger partial charge >= 0.3 is 6.18 Å². The molecule has 1 fully saturated rings. The number of primary amides is 1. The molecule has 0 saturated carbocycles. The summed E-state index contributed by atoms with van der Waals surface area (Å²) in [7, 11) is 0. The van der Waals surface area contributed by atoms with Crippen LogP contribution in [0.4, 0.5) is 19.0 Å². The van der Waals surface area contributed by atoms with Gasteiger partial charge < -0.3 is 16.0 Å². The predicted octanol–water partition coefficient (Wildman–Crippen LogP) is 0.524. The smallest absolute Gasteiger partial charge is 0.365 e. The van der Waals surface area contributed by atoms with Crippen LogP contribution in [-0.2, 0) is 11.0 Å². The Morgan fingerprint density at radius 2 is 2.14 bits per heavy atom. The fraction of sp³-hybridized carbons (Fsp3) is 0.417. The quantitative estimate of drug-likeness (QED) is 0.834. The zero-order valence-corrected chi connectivity index (χ0v) is 11.1. The Morgan fingerprint density at radius 1 is 1.48 bits per heavy atom. The van der Waals surface area contributed by atoms with Gasteiger partial charge in [0.25, 0.3) is 5.91 Å². The second-order valence-corrected chi connectivity index (χ2v) is 4.59. The van der Waals surface area contributed by atoms with Crippen LogP contribution in [0.2, 0.25) is 0 Å². The number of alkyl halides is 3. The van der Waals surface area contributed by atoms with E-state index >= 15 is 0 Å². The van der Waals surface area contributed by atoms with Gasteiger partial charge in [0.1, 0.15) is 17.6 Å². The Labute approximate surface area is 118 Å². The highest BCUT2D eigenvalue weighted by Gasteiger charge is 2.36. The molecule has 0 spiro atoms. The first-order chi connectivity index (χ1) is 9.71. The van der Waals surface area contributed by atoms with Crippen LogP contribution in [-0.4, -0.2) is 35.9 Å². The van der Waals surface area contributed by atoms with Gasteiger partial charge in [-0.05, 0) is 19.1 Å². The molecule has 9 heteroatoms. The van der Waals surface area contributed by atoms with Gasteiger partial charge in [-0.3, -0.25) is 9.59 Å². The molecule has 2 rings (SSSR count). The van der Waals surface area contributed by atoms with Crippen LogP contribution in [0.15, 0.2) is 12.1 Å². The summed E-state index contributed by atoms with van der Waals surface area (Å²) < 4.78 is 38.3. The Morgan fingerprint density at radius 3 is 2.71 bits per heavy atom. The van der Waals surface area contributed by atoms with Gasteiger partial charge in [0.2, 0.25) is 5.91 Å². The second-order valence-electron chi connectivity index (χ2n) is 4.59. The number of carbonyl (C=O) groups excluding carboxylic acids is 2. The first-order valence-corrected chi connectivity index (χ1v) is 6.14. The third kappa shape index (κ3) is 2.91. The fourth-order valence-electron chi connectivity index (χ4n) is 2.09. The molecule has 1 aliphatic heterocycles. The molecule has 1 atom stereocenters. The summed E-state index contributed by atoms with van der Waals surface area (Å²) in [6, 6.07) is 0.929. The van der Waals surface area contributed by atoms with E-state index in [-0.39, 0.29) is 30.4 Å². The minimum Gasteiger partial charge on any atom is -0.365 e. The van der Waals surface area contributed by atoms with E-state index in [4.69, 9.17) is 5.73 Å². The SMILES string of the molecule is CC1C(=O)NCCN1c1nc(C(F)(F)F)ccc1C(N)=O. The van der Waals surface area contributed by atoms with E-state index in [2.05, 4.69) is 10.3 Å². The summed E-state index contributed by atoms with van der Waals surface area (Å²) in [6.07, 6.45) is -4.65. The van der Waals surface area contributed by atoms with Crippen molar-refractivity contribution in [2.24, 2.45) is 5.73 Å². The molecule has 1 aliphatic rings. The van der Waals surface area contributed by atoms with Gasteiger partial charge in [0.15, 0.2) is 0 Å². The molecule has 1 unspecified atom stereocenters. The summed E-state index contributed by atoms with van der Waals surface area (Å²) in [4.78, 5) is 27.8. The van der Waals surface area contributed by atoms with E-state index in [0.29, 0.717) is 6.07 Å². The van der Waals surface area contributed by atoms with Crippen LogP contribution in [0.3, 0.4) is 0 Å². The monoisotopic (exact) mass is 302 g/mol. The lowest BCUT2D eigenvalue weighted by Gasteiger charge is -2.34. The van der Waals surface area contributed by atoms with E-state index in [0.717, 1.165) is 6.07 Å². The number of anilines is 1. The summed E-state index contributed by atoms with van der Waals surface area (Å²) in [5.74, 6) is -1.47. The third-order valence-corrected chi connectivity index (χ3v) is 3.20. The molecule has 6 nitrogen and oxygen atoms in total. The summed E-state index contributed by atoms with van der Waals surface area (Å²) >= 11 is 0. The number of nitrogens with zero attached hydrogens (tertiary/aromatic N) is 2. The minimum absolute atomic E-state index is 0.149. The molecule has 0 bridgehead atoms. The maximum absolute atomic E-state index is 12.8. The maximum atomic E-state index is 12.8. The van der Waals surface area contributed by atoms with E-state index in [1.807, 2.05) is 0 Å². The fourth-order valence-corrected chi connectivity index (χ4v) is 2.09. The molecule has 2 heterocycles. The van der Waals surface area contributed by atoms with E-state index in [1.54, 1.807) is 0 Å². The predicted molar refractivity (Wildman–Crippen MR) is 67.6 cm³/mol. The van der Waals surface area contributed by atoms with Gasteiger partial charge in [0, 0.05) is 13.1 Å². The van der Waals surface area contributed by atoms with Gasteiger partial charge in [-0.25, -0.2) is 4.98 Å². The van der Waals surface area contributed by atoms with Crippen molar-refractivity contribution in [3.8, 4) is 0 Å². The molecule has 0 radical (unpaired) electrons. The Bertz CT molecular complexity index is 588. The lowest BCUT2D eigenvalue weighted by Crippen LogP contribution is -2.54. The van der Waals surface area contributed by atoms with Crippen molar-refractivity contribution in [2.75, 3.05) is 18.0 Å². The zero-order chi connectivity index (χ0) is 15.8. The summed E-state index contributed by atoms with van der Waals surface area (Å²) in [5.41, 5.74) is 3.89. The lowest BCUT2D eigenvalue weighted by atomic mass is 10.1. The number of halogens is 3. The minimum atomic E-state index is -4.65. The number of aromatic nitrogens is 1. The number of hydrogen-bond donors (Lipinski definition) is 2. The molecule has 2 amide bonds. The molecule has 1 aromatic rings. The highest BCUT2D eigenvalue weighted by atomic mass is 19.4. The molecule has 114 valence electrons. The first kappa shape index (κ1) is 15.1. The molecule has 0 aliphatic carbocycles. The molecule has 0 aromatic carbocycles. The number of rotatable bonds is 2. The van der Waals surface area contributed by atoms with Crippen LogP contribution < -0.4 is 16.0 Å². The Balaban J connectivity index is 2.53. The van der Waals surface area contributed by atoms with Crippen molar-refractivity contribution in [3.05, 3.63) is 23.4 Å². The van der Waals surface area contributed by atoms with Crippen molar-refractivity contribution in [3.63, 3.8) is 0 Å². The maximum Gasteiger partial charge on any atom is 0.433 e. The topological polar surface area (TPSA) is 88.3 Å². The van der Waals surface area contributed by atoms with Crippen LogP contribution in [0.1, 0.15) is 23.0 Å². The standard InChI is InChI=1S/C12H13F3N4O2/c1-6-11(21)17-4-5-19(6)10-7(9(16)20)2-3-8(18-10)12(13,14)15/h2-3,6H,4-5H2,1H3,(H2,16,20)(H,17,21). The van der Waals surface area contributed by atoms with Crippen molar-refractivity contribution in [1.29, 1.82) is 0 Å². The third-order valence-electron chi connectivity index (χ3n) is 3.20. The van der Waals surface area contributed by atoms with E-state index < -0.39 is 23.8 Å². The van der Waals surface area contributed by atoms with Crippen LogP contribution in [0, 0.1) is 0 Å². The number of amides is 2. The number of hydrogen-bond acceptors (Lipinski definition) is 4. The van der Waals surface area contributed by atoms with Crippen LogP contribution in [0.25, 0.3) is 0 Å². The van der Waals surface area contributed by atoms with Crippen molar-refractivity contribution in [1.82, 2.24) is 10.3 Å². The Kier molecular flexibility index (Phi) is 3.75. The Hall–Kier alpha value is -2.32. The van der Waals surface area contributed by atoms with Crippen molar-refractivity contribution < 1.29 is 22.8 Å². The van der Waals surface area contributed by atoms with Crippen molar-refractivity contribution >= 4 is 17.6 Å². The van der Waals surface area contributed by atoms with Gasteiger partial charge in [0.05, 0.1) is 5.56 Å². The summed E-state index contributed by atoms with van der Waals surface area (Å²) in [6.45, 7) is 2.00. The van der Waals surface area contributed by atoms with Gasteiger partial charge in [-0.2, -0.15) is 13.2 Å². The van der Waals surface area contributed by atoms with Gasteiger partial charge in [-0.1, -0.05) is 0 Å². The molecule has 1 aromatic heterocycles. The van der Waals surface area contributed by atoms with E-state index in [1.165, 1.54) is 11.8 Å². The van der Waals surface area contributed by atoms with Gasteiger partial charge in [-0.15, -0.1) is 0 Å². The normalized spacial score (nSPS) is 19.3. The number of nitrogens with two attached hydrogens (primary N) is 1. The zero-order valence-electron chi connectivity index (χ0n) is 11.1. The highest BCUT2D eigenvalue weighted by Crippen LogP contribution is 2.31. The number of carbonyl (C=O) groups is 2. The highest BCUT2D eigenvalue weighted by molar-refractivity contribution is 5.99. The molecular weight excluding hydrogens is 289 g/mol. The largest absolute Gasteiger partial charge is 0.433 e. The average molecular weight is 302 g/mol. The molecule has 21 heavy (non-hydrogen) atoms. The van der Waals surface area contributed by atoms with Crippen molar-refractivity contribution in [2.45, 2.75) is 19.1 Å². The lowest BCUT2D eigenvalue weighted by molar-refractivity contribution is -0.141. The number of nitrogens with one attached hydrogen (secondary N) is 1. The van der Waals surface area contributed by atoms with Crippen LogP contribution >= 0.6 is 0 Å². The number of piperazine rings is 1. The number of pyridine rings is 1.